The Labute approximate surface area is 114 Å². The number of hydrogen-bond donors (Lipinski definition) is 2. The van der Waals surface area contributed by atoms with E-state index in [4.69, 9.17) is 9.47 Å². The van der Waals surface area contributed by atoms with Gasteiger partial charge in [-0.05, 0) is 13.8 Å². The van der Waals surface area contributed by atoms with Crippen molar-refractivity contribution in [2.75, 3.05) is 39.4 Å². The van der Waals surface area contributed by atoms with Gasteiger partial charge >= 0.3 is 0 Å². The van der Waals surface area contributed by atoms with Gasteiger partial charge in [0.1, 0.15) is 0 Å². The minimum absolute atomic E-state index is 0.0419. The Kier molecular flexibility index (Phi) is 4.78. The lowest BCUT2D eigenvalue weighted by Gasteiger charge is -2.42. The largest absolute Gasteiger partial charge is 0.394 e. The van der Waals surface area contributed by atoms with Crippen molar-refractivity contribution in [1.82, 2.24) is 10.2 Å². The lowest BCUT2D eigenvalue weighted by atomic mass is 10.0. The van der Waals surface area contributed by atoms with Gasteiger partial charge < -0.3 is 24.8 Å². The first kappa shape index (κ1) is 14.7. The zero-order valence-corrected chi connectivity index (χ0v) is 11.7. The monoisotopic (exact) mass is 272 g/mol. The van der Waals surface area contributed by atoms with Gasteiger partial charge in [-0.15, -0.1) is 0 Å². The van der Waals surface area contributed by atoms with E-state index in [-0.39, 0.29) is 24.7 Å². The first-order valence-electron chi connectivity index (χ1n) is 6.89. The second-order valence-electron chi connectivity index (χ2n) is 5.86. The minimum atomic E-state index is -0.410. The summed E-state index contributed by atoms with van der Waals surface area (Å²) in [6.45, 7) is 7.06. The highest BCUT2D eigenvalue weighted by molar-refractivity contribution is 5.77. The van der Waals surface area contributed by atoms with E-state index in [1.807, 2.05) is 13.8 Å². The van der Waals surface area contributed by atoms with E-state index in [1.54, 1.807) is 4.90 Å². The molecule has 2 N–H and O–H groups in total. The molecular weight excluding hydrogens is 248 g/mol. The van der Waals surface area contributed by atoms with Crippen LogP contribution < -0.4 is 5.32 Å². The molecule has 0 aromatic heterocycles. The summed E-state index contributed by atoms with van der Waals surface area (Å²) in [6.07, 6.45) is 0.0548. The Morgan fingerprint density at radius 2 is 2.26 bits per heavy atom. The summed E-state index contributed by atoms with van der Waals surface area (Å²) in [5.41, 5.74) is -0.410. The normalized spacial score (nSPS) is 31.2. The number of hydrogen-bond acceptors (Lipinski definition) is 5. The van der Waals surface area contributed by atoms with E-state index >= 15 is 0 Å². The van der Waals surface area contributed by atoms with Crippen LogP contribution in [0.2, 0.25) is 0 Å². The van der Waals surface area contributed by atoms with Crippen LogP contribution in [-0.2, 0) is 14.3 Å². The second-order valence-corrected chi connectivity index (χ2v) is 5.86. The lowest BCUT2D eigenvalue weighted by Crippen LogP contribution is -2.56. The molecule has 1 amide bonds. The van der Waals surface area contributed by atoms with Crippen molar-refractivity contribution in [1.29, 1.82) is 0 Å². The Morgan fingerprint density at radius 1 is 1.47 bits per heavy atom. The molecule has 0 aromatic carbocycles. The third-order valence-corrected chi connectivity index (χ3v) is 3.44. The van der Waals surface area contributed by atoms with Gasteiger partial charge in [-0.1, -0.05) is 0 Å². The molecule has 2 unspecified atom stereocenters. The molecule has 0 saturated carbocycles. The van der Waals surface area contributed by atoms with Crippen LogP contribution in [0.5, 0.6) is 0 Å². The van der Waals surface area contributed by atoms with Gasteiger partial charge in [-0.2, -0.15) is 0 Å². The van der Waals surface area contributed by atoms with Crippen molar-refractivity contribution < 1.29 is 19.4 Å². The van der Waals surface area contributed by atoms with E-state index in [0.717, 1.165) is 13.1 Å². The van der Waals surface area contributed by atoms with E-state index in [0.29, 0.717) is 26.1 Å². The van der Waals surface area contributed by atoms with Gasteiger partial charge in [0.25, 0.3) is 0 Å². The molecule has 2 aliphatic heterocycles. The number of nitrogens with one attached hydrogen (secondary N) is 1. The fraction of sp³-hybridized carbons (Fsp3) is 0.923. The molecule has 2 atom stereocenters. The van der Waals surface area contributed by atoms with E-state index in [9.17, 15) is 9.90 Å². The van der Waals surface area contributed by atoms with Crippen LogP contribution in [0.1, 0.15) is 20.3 Å². The summed E-state index contributed by atoms with van der Waals surface area (Å²) >= 11 is 0. The molecule has 0 aliphatic carbocycles. The number of amides is 1. The topological polar surface area (TPSA) is 71.0 Å². The summed E-state index contributed by atoms with van der Waals surface area (Å²) in [5.74, 6) is 0.0727. The summed E-state index contributed by atoms with van der Waals surface area (Å²) in [4.78, 5) is 14.1. The molecule has 6 nitrogen and oxygen atoms in total. The van der Waals surface area contributed by atoms with Crippen LogP contribution in [0.3, 0.4) is 0 Å². The van der Waals surface area contributed by atoms with Crippen LogP contribution >= 0.6 is 0 Å². The summed E-state index contributed by atoms with van der Waals surface area (Å²) in [5, 5.41) is 12.5. The Morgan fingerprint density at radius 3 is 2.89 bits per heavy atom. The van der Waals surface area contributed by atoms with Crippen molar-refractivity contribution in [3.8, 4) is 0 Å². The summed E-state index contributed by atoms with van der Waals surface area (Å²) < 4.78 is 11.3. The zero-order valence-electron chi connectivity index (χ0n) is 11.7. The molecule has 2 saturated heterocycles. The van der Waals surface area contributed by atoms with Crippen LogP contribution in [0.4, 0.5) is 0 Å². The number of morpholine rings is 2. The smallest absolute Gasteiger partial charge is 0.225 e. The fourth-order valence-corrected chi connectivity index (χ4v) is 2.66. The molecule has 0 radical (unpaired) electrons. The number of rotatable bonds is 3. The molecule has 2 rings (SSSR count). The van der Waals surface area contributed by atoms with Crippen LogP contribution in [0, 0.1) is 0 Å². The highest BCUT2D eigenvalue weighted by Crippen LogP contribution is 2.22. The molecule has 110 valence electrons. The molecule has 0 aromatic rings. The standard InChI is InChI=1S/C13H24N2O4/c1-13(2)9-15(7-11(8-16)19-13)12(17)5-10-6-14-3-4-18-10/h10-11,14,16H,3-9H2,1-2H3. The number of aliphatic hydroxyl groups is 1. The third-order valence-electron chi connectivity index (χ3n) is 3.44. The Hall–Kier alpha value is -0.690. The van der Waals surface area contributed by atoms with Crippen LogP contribution in [0.25, 0.3) is 0 Å². The molecule has 19 heavy (non-hydrogen) atoms. The van der Waals surface area contributed by atoms with Gasteiger partial charge in [0.05, 0.1) is 37.4 Å². The predicted molar refractivity (Wildman–Crippen MR) is 69.8 cm³/mol. The number of ether oxygens (including phenoxy) is 2. The number of carbonyl (C=O) groups excluding carboxylic acids is 1. The average molecular weight is 272 g/mol. The van der Waals surface area contributed by atoms with E-state index < -0.39 is 5.60 Å². The highest BCUT2D eigenvalue weighted by Gasteiger charge is 2.35. The maximum absolute atomic E-state index is 12.3. The van der Waals surface area contributed by atoms with E-state index in [1.165, 1.54) is 0 Å². The average Bonchev–Trinajstić information content (AvgIpc) is 2.38. The molecule has 2 fully saturated rings. The lowest BCUT2D eigenvalue weighted by molar-refractivity contribution is -0.168. The van der Waals surface area contributed by atoms with Crippen molar-refractivity contribution in [3.63, 3.8) is 0 Å². The zero-order chi connectivity index (χ0) is 13.9. The maximum Gasteiger partial charge on any atom is 0.225 e. The second kappa shape index (κ2) is 6.17. The Bertz CT molecular complexity index is 316. The van der Waals surface area contributed by atoms with Crippen molar-refractivity contribution >= 4 is 5.91 Å². The van der Waals surface area contributed by atoms with Crippen molar-refractivity contribution in [3.05, 3.63) is 0 Å². The first-order valence-corrected chi connectivity index (χ1v) is 6.89. The van der Waals surface area contributed by atoms with Gasteiger partial charge in [0.2, 0.25) is 5.91 Å². The maximum atomic E-state index is 12.3. The van der Waals surface area contributed by atoms with Gasteiger partial charge in [-0.3, -0.25) is 4.79 Å². The quantitative estimate of drug-likeness (QED) is 0.715. The number of aliphatic hydroxyl groups excluding tert-OH is 1. The molecular formula is C13H24N2O4. The van der Waals surface area contributed by atoms with Crippen LogP contribution in [0.15, 0.2) is 0 Å². The van der Waals surface area contributed by atoms with Crippen molar-refractivity contribution in [2.45, 2.75) is 38.1 Å². The summed E-state index contributed by atoms with van der Waals surface area (Å²) in [6, 6.07) is 0. The fourth-order valence-electron chi connectivity index (χ4n) is 2.66. The predicted octanol–water partition coefficient (Wildman–Crippen LogP) is -0.637. The van der Waals surface area contributed by atoms with Gasteiger partial charge in [0, 0.05) is 26.2 Å². The molecule has 0 bridgehead atoms. The van der Waals surface area contributed by atoms with Gasteiger partial charge in [-0.25, -0.2) is 0 Å². The van der Waals surface area contributed by atoms with Crippen LogP contribution in [-0.4, -0.2) is 73.1 Å². The first-order chi connectivity index (χ1) is 9.00. The molecule has 0 spiro atoms. The molecule has 6 heteroatoms. The highest BCUT2D eigenvalue weighted by atomic mass is 16.5. The van der Waals surface area contributed by atoms with Crippen molar-refractivity contribution in [2.24, 2.45) is 0 Å². The molecule has 2 aliphatic rings. The number of nitrogens with zero attached hydrogens (tertiary/aromatic N) is 1. The SMILES string of the molecule is CC1(C)CN(C(=O)CC2CNCCO2)CC(CO)O1. The molecule has 2 heterocycles. The van der Waals surface area contributed by atoms with Gasteiger partial charge in [0.15, 0.2) is 0 Å². The Balaban J connectivity index is 1.89. The summed E-state index contributed by atoms with van der Waals surface area (Å²) in [7, 11) is 0. The minimum Gasteiger partial charge on any atom is -0.394 e. The van der Waals surface area contributed by atoms with E-state index in [2.05, 4.69) is 5.32 Å². The third kappa shape index (κ3) is 4.14. The number of carbonyl (C=O) groups is 1.